The lowest BCUT2D eigenvalue weighted by molar-refractivity contribution is -0.274. The van der Waals surface area contributed by atoms with E-state index in [0.29, 0.717) is 0 Å². The molecular formula is C26H27F3N4OS. The molecule has 0 spiro atoms. The molecule has 5 nitrogen and oxygen atoms in total. The molecule has 2 heterocycles. The molecule has 0 amide bonds. The number of fused-ring (bicyclic) bond motifs is 1. The summed E-state index contributed by atoms with van der Waals surface area (Å²) < 4.78 is 40.9. The topological polar surface area (TPSA) is 50.3 Å². The molecule has 184 valence electrons. The van der Waals surface area contributed by atoms with Gasteiger partial charge in [-0.05, 0) is 61.6 Å². The number of benzene rings is 2. The van der Waals surface area contributed by atoms with Crippen LogP contribution in [0.1, 0.15) is 23.8 Å². The Morgan fingerprint density at radius 2 is 1.66 bits per heavy atom. The molecule has 0 saturated carbocycles. The maximum atomic E-state index is 12.3. The van der Waals surface area contributed by atoms with Crippen LogP contribution in [0.5, 0.6) is 5.75 Å². The highest BCUT2D eigenvalue weighted by Crippen LogP contribution is 2.30. The molecule has 0 aliphatic rings. The number of halogens is 3. The molecule has 4 aromatic rings. The van der Waals surface area contributed by atoms with Gasteiger partial charge in [0, 0.05) is 25.0 Å². The minimum Gasteiger partial charge on any atom is -0.406 e. The largest absolute Gasteiger partial charge is 0.573 e. The van der Waals surface area contributed by atoms with Crippen molar-refractivity contribution in [3.05, 3.63) is 65.0 Å². The summed E-state index contributed by atoms with van der Waals surface area (Å²) in [5, 5.41) is 4.54. The van der Waals surface area contributed by atoms with Gasteiger partial charge in [-0.25, -0.2) is 4.98 Å². The Labute approximate surface area is 206 Å². The van der Waals surface area contributed by atoms with Crippen LogP contribution in [0.3, 0.4) is 0 Å². The van der Waals surface area contributed by atoms with Crippen molar-refractivity contribution in [1.82, 2.24) is 9.97 Å². The molecule has 0 atom stereocenters. The van der Waals surface area contributed by atoms with Crippen LogP contribution in [-0.4, -0.2) is 36.5 Å². The molecule has 0 radical (unpaired) electrons. The van der Waals surface area contributed by atoms with Crippen LogP contribution in [0.25, 0.3) is 21.3 Å². The van der Waals surface area contributed by atoms with E-state index in [1.54, 1.807) is 23.5 Å². The van der Waals surface area contributed by atoms with E-state index < -0.39 is 6.36 Å². The first-order valence-corrected chi connectivity index (χ1v) is 12.2. The van der Waals surface area contributed by atoms with E-state index in [4.69, 9.17) is 9.97 Å². The lowest BCUT2D eigenvalue weighted by Crippen LogP contribution is -2.19. The summed E-state index contributed by atoms with van der Waals surface area (Å²) in [6.45, 7) is 5.76. The van der Waals surface area contributed by atoms with Gasteiger partial charge in [-0.3, -0.25) is 0 Å². The minimum absolute atomic E-state index is 0.225. The van der Waals surface area contributed by atoms with Gasteiger partial charge in [0.15, 0.2) is 0 Å². The van der Waals surface area contributed by atoms with Crippen LogP contribution < -0.4 is 15.0 Å². The van der Waals surface area contributed by atoms with Gasteiger partial charge in [0.25, 0.3) is 0 Å². The second-order valence-electron chi connectivity index (χ2n) is 8.26. The van der Waals surface area contributed by atoms with Crippen LogP contribution in [-0.2, 0) is 6.42 Å². The average Bonchev–Trinajstić information content (AvgIpc) is 3.21. The number of nitrogens with one attached hydrogen (secondary N) is 1. The maximum absolute atomic E-state index is 12.3. The van der Waals surface area contributed by atoms with Crippen molar-refractivity contribution in [2.45, 2.75) is 33.1 Å². The number of alkyl halides is 3. The van der Waals surface area contributed by atoms with Crippen LogP contribution in [0.15, 0.2) is 54.6 Å². The third kappa shape index (κ3) is 6.42. The van der Waals surface area contributed by atoms with Gasteiger partial charge in [0.1, 0.15) is 16.4 Å². The molecule has 9 heteroatoms. The van der Waals surface area contributed by atoms with Gasteiger partial charge in [-0.1, -0.05) is 36.4 Å². The van der Waals surface area contributed by atoms with Crippen LogP contribution in [0.2, 0.25) is 0 Å². The summed E-state index contributed by atoms with van der Waals surface area (Å²) in [6, 6.07) is 16.1. The molecule has 35 heavy (non-hydrogen) atoms. The Bertz CT molecular complexity index is 1270. The van der Waals surface area contributed by atoms with Crippen molar-refractivity contribution in [2.24, 2.45) is 0 Å². The maximum Gasteiger partial charge on any atom is 0.573 e. The Morgan fingerprint density at radius 1 is 1.00 bits per heavy atom. The molecule has 0 aliphatic heterocycles. The predicted octanol–water partition coefficient (Wildman–Crippen LogP) is 7.07. The Hall–Kier alpha value is -3.33. The second kappa shape index (κ2) is 10.5. The number of aromatic nitrogens is 2. The molecule has 0 unspecified atom stereocenters. The lowest BCUT2D eigenvalue weighted by Gasteiger charge is -2.16. The zero-order valence-corrected chi connectivity index (χ0v) is 20.6. The van der Waals surface area contributed by atoms with E-state index >= 15 is 0 Å². The van der Waals surface area contributed by atoms with Crippen molar-refractivity contribution < 1.29 is 17.9 Å². The van der Waals surface area contributed by atoms with Gasteiger partial charge < -0.3 is 15.0 Å². The highest BCUT2D eigenvalue weighted by Gasteiger charge is 2.30. The molecule has 1 N–H and O–H groups in total. The van der Waals surface area contributed by atoms with Gasteiger partial charge in [0.05, 0.1) is 5.39 Å². The molecule has 2 aromatic carbocycles. The number of hydrogen-bond acceptors (Lipinski definition) is 6. The van der Waals surface area contributed by atoms with E-state index in [0.717, 1.165) is 59.0 Å². The molecule has 2 aromatic heterocycles. The summed E-state index contributed by atoms with van der Waals surface area (Å²) in [6.07, 6.45) is -2.87. The van der Waals surface area contributed by atoms with Crippen molar-refractivity contribution in [3.63, 3.8) is 0 Å². The first-order valence-electron chi connectivity index (χ1n) is 11.4. The standard InChI is InChI=1S/C26H27F3N4OS/c1-4-33(3)25-31-23(22-16-17(2)35-24(22)32-25)30-15-5-6-18-7-9-19(10-8-18)20-11-13-21(14-12-20)34-26(27,28)29/h7-14,16H,4-6,15H2,1-3H3,(H,30,31,32). The smallest absolute Gasteiger partial charge is 0.406 e. The van der Waals surface area contributed by atoms with E-state index in [-0.39, 0.29) is 5.75 Å². The Kier molecular flexibility index (Phi) is 7.45. The van der Waals surface area contributed by atoms with E-state index in [1.165, 1.54) is 22.6 Å². The molecule has 0 bridgehead atoms. The van der Waals surface area contributed by atoms with Gasteiger partial charge in [-0.15, -0.1) is 24.5 Å². The van der Waals surface area contributed by atoms with Gasteiger partial charge in [0.2, 0.25) is 5.95 Å². The van der Waals surface area contributed by atoms with Crippen LogP contribution >= 0.6 is 11.3 Å². The SMILES string of the molecule is CCN(C)c1nc(NCCCc2ccc(-c3ccc(OC(F)(F)F)cc3)cc2)c2cc(C)sc2n1. The lowest BCUT2D eigenvalue weighted by atomic mass is 10.0. The van der Waals surface area contributed by atoms with Crippen molar-refractivity contribution >= 4 is 33.3 Å². The zero-order valence-electron chi connectivity index (χ0n) is 19.8. The highest BCUT2D eigenvalue weighted by atomic mass is 32.1. The van der Waals surface area contributed by atoms with E-state index in [9.17, 15) is 13.2 Å². The monoisotopic (exact) mass is 500 g/mol. The number of thiophene rings is 1. The molecule has 0 aliphatic carbocycles. The van der Waals surface area contributed by atoms with Crippen molar-refractivity contribution in [2.75, 3.05) is 30.4 Å². The number of rotatable bonds is 9. The summed E-state index contributed by atoms with van der Waals surface area (Å²) in [4.78, 5) is 13.7. The van der Waals surface area contributed by atoms with E-state index in [1.807, 2.05) is 24.1 Å². The van der Waals surface area contributed by atoms with Gasteiger partial charge >= 0.3 is 6.36 Å². The third-order valence-corrected chi connectivity index (χ3v) is 6.57. The first kappa shape index (κ1) is 24.8. The molecule has 0 fully saturated rings. The number of nitrogens with zero attached hydrogens (tertiary/aromatic N) is 3. The summed E-state index contributed by atoms with van der Waals surface area (Å²) in [7, 11) is 1.99. The van der Waals surface area contributed by atoms with E-state index in [2.05, 4.69) is 42.1 Å². The molecule has 4 rings (SSSR count). The zero-order chi connectivity index (χ0) is 25.0. The third-order valence-electron chi connectivity index (χ3n) is 5.63. The number of anilines is 2. The number of aryl methyl sites for hydroxylation is 2. The second-order valence-corrected chi connectivity index (χ2v) is 9.50. The van der Waals surface area contributed by atoms with Crippen LogP contribution in [0.4, 0.5) is 24.9 Å². The highest BCUT2D eigenvalue weighted by molar-refractivity contribution is 7.18. The van der Waals surface area contributed by atoms with Crippen LogP contribution in [0, 0.1) is 6.92 Å². The number of hydrogen-bond donors (Lipinski definition) is 1. The van der Waals surface area contributed by atoms with Crippen molar-refractivity contribution in [1.29, 1.82) is 0 Å². The van der Waals surface area contributed by atoms with Gasteiger partial charge in [-0.2, -0.15) is 4.98 Å². The summed E-state index contributed by atoms with van der Waals surface area (Å²) in [5.74, 6) is 1.36. The fraction of sp³-hybridized carbons (Fsp3) is 0.308. The Balaban J connectivity index is 1.34. The van der Waals surface area contributed by atoms with Crippen molar-refractivity contribution in [3.8, 4) is 16.9 Å². The Morgan fingerprint density at radius 3 is 2.29 bits per heavy atom. The first-order chi connectivity index (χ1) is 16.7. The normalized spacial score (nSPS) is 11.6. The summed E-state index contributed by atoms with van der Waals surface area (Å²) in [5.41, 5.74) is 2.96. The fourth-order valence-corrected chi connectivity index (χ4v) is 4.56. The molecular weight excluding hydrogens is 473 g/mol. The average molecular weight is 501 g/mol. The quantitative estimate of drug-likeness (QED) is 0.249. The minimum atomic E-state index is -4.69. The fourth-order valence-electron chi connectivity index (χ4n) is 3.69. The predicted molar refractivity (Wildman–Crippen MR) is 136 cm³/mol. The molecule has 0 saturated heterocycles. The summed E-state index contributed by atoms with van der Waals surface area (Å²) >= 11 is 1.67. The number of ether oxygens (including phenoxy) is 1.